The van der Waals surface area contributed by atoms with Crippen molar-refractivity contribution in [1.82, 2.24) is 0 Å². The molecule has 1 N–H and O–H groups in total. The molecule has 1 aromatic carbocycles. The topological polar surface area (TPSA) is 29.5 Å². The average Bonchev–Trinajstić information content (AvgIpc) is 2.46. The Morgan fingerprint density at radius 1 is 0.737 bits per heavy atom. The van der Waals surface area contributed by atoms with Crippen molar-refractivity contribution in [2.75, 3.05) is 19.8 Å². The number of aliphatic hydroxyl groups excluding tert-OH is 1. The van der Waals surface area contributed by atoms with Crippen LogP contribution in [0.2, 0.25) is 0 Å². The van der Waals surface area contributed by atoms with Gasteiger partial charge in [0.2, 0.25) is 0 Å². The van der Waals surface area contributed by atoms with Crippen molar-refractivity contribution in [3.05, 3.63) is 35.9 Å². The van der Waals surface area contributed by atoms with E-state index in [1.165, 1.54) is 37.7 Å². The highest BCUT2D eigenvalue weighted by Crippen LogP contribution is 2.06. The van der Waals surface area contributed by atoms with Crippen molar-refractivity contribution in [2.24, 2.45) is 0 Å². The van der Waals surface area contributed by atoms with E-state index in [0.29, 0.717) is 6.61 Å². The summed E-state index contributed by atoms with van der Waals surface area (Å²) < 4.78 is 5.60. The highest BCUT2D eigenvalue weighted by Gasteiger charge is 1.94. The van der Waals surface area contributed by atoms with Gasteiger partial charge in [-0.05, 0) is 37.7 Å². The summed E-state index contributed by atoms with van der Waals surface area (Å²) in [4.78, 5) is 0. The molecule has 0 heterocycles. The monoisotopic (exact) mass is 264 g/mol. The number of aliphatic hydroxyl groups is 1. The third kappa shape index (κ3) is 9.69. The molecule has 0 fully saturated rings. The summed E-state index contributed by atoms with van der Waals surface area (Å²) in [7, 11) is 0. The van der Waals surface area contributed by atoms with Gasteiger partial charge in [-0.1, -0.05) is 49.6 Å². The largest absolute Gasteiger partial charge is 0.396 e. The van der Waals surface area contributed by atoms with E-state index in [9.17, 15) is 0 Å². The number of hydrogen-bond donors (Lipinski definition) is 1. The minimum atomic E-state index is 0.322. The number of rotatable bonds is 12. The average molecular weight is 264 g/mol. The van der Waals surface area contributed by atoms with Crippen LogP contribution in [0, 0.1) is 0 Å². The van der Waals surface area contributed by atoms with Crippen molar-refractivity contribution in [2.45, 2.75) is 51.4 Å². The summed E-state index contributed by atoms with van der Waals surface area (Å²) in [5.41, 5.74) is 1.44. The first-order valence-corrected chi connectivity index (χ1v) is 7.66. The first-order valence-electron chi connectivity index (χ1n) is 7.66. The van der Waals surface area contributed by atoms with Gasteiger partial charge in [0, 0.05) is 19.8 Å². The third-order valence-corrected chi connectivity index (χ3v) is 3.29. The molecule has 0 atom stereocenters. The summed E-state index contributed by atoms with van der Waals surface area (Å²) in [5, 5.41) is 8.64. The molecule has 0 saturated carbocycles. The van der Waals surface area contributed by atoms with Gasteiger partial charge < -0.3 is 9.84 Å². The van der Waals surface area contributed by atoms with Gasteiger partial charge in [-0.15, -0.1) is 0 Å². The van der Waals surface area contributed by atoms with Crippen molar-refractivity contribution < 1.29 is 9.84 Å². The number of hydrogen-bond acceptors (Lipinski definition) is 2. The Bertz CT molecular complexity index is 285. The lowest BCUT2D eigenvalue weighted by atomic mass is 10.1. The normalized spacial score (nSPS) is 10.8. The standard InChI is InChI=1S/C17H28O2/c18-14-8-1-2-9-15-19-16-10-4-7-13-17-11-5-3-6-12-17/h3,5-6,11-12,18H,1-2,4,7-10,13-16H2. The second-order valence-electron chi connectivity index (χ2n) is 5.05. The van der Waals surface area contributed by atoms with E-state index < -0.39 is 0 Å². The van der Waals surface area contributed by atoms with E-state index in [-0.39, 0.29) is 0 Å². The molecule has 0 bridgehead atoms. The highest BCUT2D eigenvalue weighted by atomic mass is 16.5. The van der Waals surface area contributed by atoms with Crippen LogP contribution >= 0.6 is 0 Å². The summed E-state index contributed by atoms with van der Waals surface area (Å²) in [6.07, 6.45) is 9.21. The van der Waals surface area contributed by atoms with Crippen LogP contribution in [0.3, 0.4) is 0 Å². The van der Waals surface area contributed by atoms with E-state index in [1.807, 2.05) is 0 Å². The molecular formula is C17H28O2. The SMILES string of the molecule is OCCCCCCOCCCCCc1ccccc1. The van der Waals surface area contributed by atoms with Crippen LogP contribution in [0.4, 0.5) is 0 Å². The molecular weight excluding hydrogens is 236 g/mol. The first-order chi connectivity index (χ1) is 9.43. The zero-order valence-electron chi connectivity index (χ0n) is 12.0. The van der Waals surface area contributed by atoms with Gasteiger partial charge in [-0.25, -0.2) is 0 Å². The molecule has 0 aliphatic heterocycles. The Morgan fingerprint density at radius 2 is 1.37 bits per heavy atom. The molecule has 0 unspecified atom stereocenters. The maximum absolute atomic E-state index is 8.64. The predicted octanol–water partition coefficient (Wildman–Crippen LogP) is 3.97. The molecule has 0 saturated heterocycles. The predicted molar refractivity (Wildman–Crippen MR) is 80.4 cm³/mol. The van der Waals surface area contributed by atoms with Gasteiger partial charge >= 0.3 is 0 Å². The smallest absolute Gasteiger partial charge is 0.0466 e. The summed E-state index contributed by atoms with van der Waals surface area (Å²) in [5.74, 6) is 0. The fraction of sp³-hybridized carbons (Fsp3) is 0.647. The molecule has 0 aliphatic carbocycles. The van der Waals surface area contributed by atoms with E-state index in [2.05, 4.69) is 30.3 Å². The summed E-state index contributed by atoms with van der Waals surface area (Å²) in [6.45, 7) is 2.10. The second kappa shape index (κ2) is 12.2. The Hall–Kier alpha value is -0.860. The summed E-state index contributed by atoms with van der Waals surface area (Å²) >= 11 is 0. The quantitative estimate of drug-likeness (QED) is 0.579. The molecule has 0 aromatic heterocycles. The Labute approximate surface area is 117 Å². The van der Waals surface area contributed by atoms with Crippen LogP contribution in [0.15, 0.2) is 30.3 Å². The van der Waals surface area contributed by atoms with Crippen LogP contribution in [0.1, 0.15) is 50.5 Å². The highest BCUT2D eigenvalue weighted by molar-refractivity contribution is 5.14. The van der Waals surface area contributed by atoms with Gasteiger partial charge in [-0.2, -0.15) is 0 Å². The minimum absolute atomic E-state index is 0.322. The van der Waals surface area contributed by atoms with Crippen LogP contribution in [0.5, 0.6) is 0 Å². The van der Waals surface area contributed by atoms with Gasteiger partial charge in [0.25, 0.3) is 0 Å². The van der Waals surface area contributed by atoms with Gasteiger partial charge in [0.05, 0.1) is 0 Å². The third-order valence-electron chi connectivity index (χ3n) is 3.29. The molecule has 2 heteroatoms. The molecule has 1 aromatic rings. The van der Waals surface area contributed by atoms with Crippen molar-refractivity contribution >= 4 is 0 Å². The van der Waals surface area contributed by atoms with Crippen molar-refractivity contribution in [3.63, 3.8) is 0 Å². The van der Waals surface area contributed by atoms with E-state index >= 15 is 0 Å². The van der Waals surface area contributed by atoms with Crippen LogP contribution in [-0.2, 0) is 11.2 Å². The van der Waals surface area contributed by atoms with E-state index in [1.54, 1.807) is 0 Å². The Balaban J connectivity index is 1.79. The Kier molecular flexibility index (Phi) is 10.4. The molecule has 108 valence electrons. The van der Waals surface area contributed by atoms with E-state index in [0.717, 1.165) is 32.5 Å². The van der Waals surface area contributed by atoms with Gasteiger partial charge in [0.15, 0.2) is 0 Å². The van der Waals surface area contributed by atoms with Crippen LogP contribution < -0.4 is 0 Å². The first kappa shape index (κ1) is 16.2. The molecule has 2 nitrogen and oxygen atoms in total. The van der Waals surface area contributed by atoms with Crippen LogP contribution in [-0.4, -0.2) is 24.9 Å². The molecule has 1 rings (SSSR count). The zero-order chi connectivity index (χ0) is 13.6. The summed E-state index contributed by atoms with van der Waals surface area (Å²) in [6, 6.07) is 10.7. The van der Waals surface area contributed by atoms with Crippen molar-refractivity contribution in [1.29, 1.82) is 0 Å². The number of ether oxygens (including phenoxy) is 1. The Morgan fingerprint density at radius 3 is 2.05 bits per heavy atom. The lowest BCUT2D eigenvalue weighted by Crippen LogP contribution is -1.98. The molecule has 0 radical (unpaired) electrons. The maximum atomic E-state index is 8.64. The van der Waals surface area contributed by atoms with Crippen molar-refractivity contribution in [3.8, 4) is 0 Å². The number of benzene rings is 1. The zero-order valence-corrected chi connectivity index (χ0v) is 12.0. The molecule has 0 aliphatic rings. The van der Waals surface area contributed by atoms with Crippen LogP contribution in [0.25, 0.3) is 0 Å². The second-order valence-corrected chi connectivity index (χ2v) is 5.05. The van der Waals surface area contributed by atoms with Gasteiger partial charge in [-0.3, -0.25) is 0 Å². The molecule has 0 amide bonds. The minimum Gasteiger partial charge on any atom is -0.396 e. The fourth-order valence-electron chi connectivity index (χ4n) is 2.13. The molecule has 19 heavy (non-hydrogen) atoms. The van der Waals surface area contributed by atoms with Gasteiger partial charge in [0.1, 0.15) is 0 Å². The lowest BCUT2D eigenvalue weighted by molar-refractivity contribution is 0.125. The van der Waals surface area contributed by atoms with E-state index in [4.69, 9.17) is 9.84 Å². The number of aryl methyl sites for hydroxylation is 1. The maximum Gasteiger partial charge on any atom is 0.0466 e. The molecule has 0 spiro atoms. The lowest BCUT2D eigenvalue weighted by Gasteiger charge is -2.04. The number of unbranched alkanes of at least 4 members (excludes halogenated alkanes) is 5. The fourth-order valence-corrected chi connectivity index (χ4v) is 2.13.